The Morgan fingerprint density at radius 3 is 2.75 bits per heavy atom. The van der Waals surface area contributed by atoms with Gasteiger partial charge in [-0.2, -0.15) is 12.6 Å². The lowest BCUT2D eigenvalue weighted by Crippen LogP contribution is -2.22. The van der Waals surface area contributed by atoms with Gasteiger partial charge in [0.05, 0.1) is 0 Å². The highest BCUT2D eigenvalue weighted by Crippen LogP contribution is 1.81. The Balaban J connectivity index is 3.06. The molecule has 0 atom stereocenters. The van der Waals surface area contributed by atoms with Crippen molar-refractivity contribution in [3.05, 3.63) is 6.92 Å². The van der Waals surface area contributed by atoms with E-state index in [1.165, 1.54) is 0 Å². The molecular weight excluding hydrogens is 122 g/mol. The van der Waals surface area contributed by atoms with Gasteiger partial charge in [0, 0.05) is 13.0 Å². The number of rotatable bonds is 3. The molecule has 0 saturated carbocycles. The summed E-state index contributed by atoms with van der Waals surface area (Å²) in [5.41, 5.74) is 0. The van der Waals surface area contributed by atoms with E-state index in [1.54, 1.807) is 0 Å². The van der Waals surface area contributed by atoms with Crippen LogP contribution < -0.4 is 5.32 Å². The summed E-state index contributed by atoms with van der Waals surface area (Å²) in [6.07, 6.45) is 0.485. The minimum Gasteiger partial charge on any atom is -0.356 e. The standard InChI is InChI=1S/C5H10NOS/c1-2-6-5(7)3-4-8/h8H,1-4H2,(H,6,7). The first kappa shape index (κ1) is 7.82. The maximum atomic E-state index is 10.4. The van der Waals surface area contributed by atoms with Crippen LogP contribution in [-0.4, -0.2) is 18.2 Å². The van der Waals surface area contributed by atoms with Crippen LogP contribution in [-0.2, 0) is 4.79 Å². The van der Waals surface area contributed by atoms with Crippen LogP contribution in [0, 0.1) is 6.92 Å². The van der Waals surface area contributed by atoms with Crippen molar-refractivity contribution in [2.45, 2.75) is 6.42 Å². The van der Waals surface area contributed by atoms with E-state index < -0.39 is 0 Å². The topological polar surface area (TPSA) is 29.1 Å². The summed E-state index contributed by atoms with van der Waals surface area (Å²) in [6.45, 7) is 3.92. The lowest BCUT2D eigenvalue weighted by molar-refractivity contribution is -0.120. The Morgan fingerprint density at radius 1 is 1.75 bits per heavy atom. The first-order chi connectivity index (χ1) is 3.81. The van der Waals surface area contributed by atoms with Crippen molar-refractivity contribution in [3.63, 3.8) is 0 Å². The van der Waals surface area contributed by atoms with Gasteiger partial charge in [-0.05, 0) is 12.7 Å². The second-order valence-electron chi connectivity index (χ2n) is 1.32. The molecule has 0 aliphatic rings. The molecule has 0 bridgehead atoms. The van der Waals surface area contributed by atoms with Crippen molar-refractivity contribution in [2.75, 3.05) is 12.3 Å². The highest BCUT2D eigenvalue weighted by molar-refractivity contribution is 7.80. The zero-order valence-corrected chi connectivity index (χ0v) is 5.58. The van der Waals surface area contributed by atoms with Crippen LogP contribution in [0.1, 0.15) is 6.42 Å². The highest BCUT2D eigenvalue weighted by Gasteiger charge is 1.93. The Morgan fingerprint density at radius 2 is 2.38 bits per heavy atom. The lowest BCUT2D eigenvalue weighted by Gasteiger charge is -1.96. The normalized spacial score (nSPS) is 8.75. The molecule has 0 aliphatic carbocycles. The molecule has 0 spiro atoms. The van der Waals surface area contributed by atoms with Crippen LogP contribution in [0.5, 0.6) is 0 Å². The number of hydrogen-bond acceptors (Lipinski definition) is 2. The minimum absolute atomic E-state index is 0.0231. The molecular formula is C5H10NOS. The van der Waals surface area contributed by atoms with Gasteiger partial charge in [-0.15, -0.1) is 0 Å². The van der Waals surface area contributed by atoms with Crippen LogP contribution in [0.25, 0.3) is 0 Å². The summed E-state index contributed by atoms with van der Waals surface area (Å²) in [4.78, 5) is 10.4. The number of hydrogen-bond donors (Lipinski definition) is 2. The fourth-order valence-electron chi connectivity index (χ4n) is 0.329. The van der Waals surface area contributed by atoms with Crippen LogP contribution in [0.2, 0.25) is 0 Å². The summed E-state index contributed by atoms with van der Waals surface area (Å²) < 4.78 is 0. The molecule has 2 nitrogen and oxygen atoms in total. The Labute approximate surface area is 55.1 Å². The van der Waals surface area contributed by atoms with Crippen LogP contribution in [0.4, 0.5) is 0 Å². The maximum Gasteiger partial charge on any atom is 0.220 e. The van der Waals surface area contributed by atoms with E-state index in [2.05, 4.69) is 24.9 Å². The molecule has 8 heavy (non-hydrogen) atoms. The van der Waals surface area contributed by atoms with Crippen molar-refractivity contribution in [3.8, 4) is 0 Å². The summed E-state index contributed by atoms with van der Waals surface area (Å²) in [6, 6.07) is 0. The van der Waals surface area contributed by atoms with Gasteiger partial charge in [-0.1, -0.05) is 0 Å². The average Bonchev–Trinajstić information content (AvgIpc) is 1.68. The number of carbonyl (C=O) groups excluding carboxylic acids is 1. The van der Waals surface area contributed by atoms with E-state index in [0.29, 0.717) is 18.7 Å². The fourth-order valence-corrected chi connectivity index (χ4v) is 0.532. The van der Waals surface area contributed by atoms with E-state index in [0.717, 1.165) is 0 Å². The molecule has 0 aliphatic heterocycles. The third kappa shape index (κ3) is 3.99. The van der Waals surface area contributed by atoms with Gasteiger partial charge < -0.3 is 5.32 Å². The third-order valence-electron chi connectivity index (χ3n) is 0.661. The molecule has 0 aromatic heterocycles. The summed E-state index contributed by atoms with van der Waals surface area (Å²) in [5, 5.41) is 2.55. The van der Waals surface area contributed by atoms with Gasteiger partial charge in [0.25, 0.3) is 0 Å². The van der Waals surface area contributed by atoms with Gasteiger partial charge in [0.15, 0.2) is 0 Å². The van der Waals surface area contributed by atoms with Crippen LogP contribution in [0.15, 0.2) is 0 Å². The summed E-state index contributed by atoms with van der Waals surface area (Å²) in [5.74, 6) is 0.626. The SMILES string of the molecule is [CH2]CNC(=O)CCS. The van der Waals surface area contributed by atoms with Crippen molar-refractivity contribution in [2.24, 2.45) is 0 Å². The molecule has 0 aromatic carbocycles. The third-order valence-corrected chi connectivity index (χ3v) is 0.885. The van der Waals surface area contributed by atoms with Crippen LogP contribution >= 0.6 is 12.6 Å². The van der Waals surface area contributed by atoms with Gasteiger partial charge in [-0.25, -0.2) is 0 Å². The zero-order valence-electron chi connectivity index (χ0n) is 4.68. The second kappa shape index (κ2) is 4.97. The largest absolute Gasteiger partial charge is 0.356 e. The summed E-state index contributed by atoms with van der Waals surface area (Å²) >= 11 is 3.87. The molecule has 0 unspecified atom stereocenters. The molecule has 0 fully saturated rings. The summed E-state index contributed by atoms with van der Waals surface area (Å²) in [7, 11) is 0. The van der Waals surface area contributed by atoms with Gasteiger partial charge in [0.2, 0.25) is 5.91 Å². The highest BCUT2D eigenvalue weighted by atomic mass is 32.1. The maximum absolute atomic E-state index is 10.4. The monoisotopic (exact) mass is 132 g/mol. The Bertz CT molecular complexity index is 66.8. The van der Waals surface area contributed by atoms with E-state index in [-0.39, 0.29) is 5.91 Å². The van der Waals surface area contributed by atoms with Crippen molar-refractivity contribution in [1.82, 2.24) is 5.32 Å². The van der Waals surface area contributed by atoms with Crippen molar-refractivity contribution >= 4 is 18.5 Å². The average molecular weight is 132 g/mol. The minimum atomic E-state index is 0.0231. The Kier molecular flexibility index (Phi) is 4.85. The molecule has 3 heteroatoms. The predicted octanol–water partition coefficient (Wildman–Crippen LogP) is 0.257. The van der Waals surface area contributed by atoms with E-state index in [1.807, 2.05) is 0 Å². The number of nitrogens with one attached hydrogen (secondary N) is 1. The number of carbonyl (C=O) groups is 1. The van der Waals surface area contributed by atoms with E-state index >= 15 is 0 Å². The smallest absolute Gasteiger partial charge is 0.220 e. The molecule has 1 N–H and O–H groups in total. The van der Waals surface area contributed by atoms with Gasteiger partial charge in [-0.3, -0.25) is 4.79 Å². The van der Waals surface area contributed by atoms with Crippen molar-refractivity contribution < 1.29 is 4.79 Å². The van der Waals surface area contributed by atoms with E-state index in [4.69, 9.17) is 0 Å². The second-order valence-corrected chi connectivity index (χ2v) is 1.77. The number of amides is 1. The molecule has 1 radical (unpaired) electrons. The Hall–Kier alpha value is -0.180. The molecule has 0 aromatic rings. The first-order valence-electron chi connectivity index (χ1n) is 2.48. The molecule has 1 amide bonds. The van der Waals surface area contributed by atoms with Crippen molar-refractivity contribution in [1.29, 1.82) is 0 Å². The quantitative estimate of drug-likeness (QED) is 0.530. The predicted molar refractivity (Wildman–Crippen MR) is 36.8 cm³/mol. The first-order valence-corrected chi connectivity index (χ1v) is 3.11. The molecule has 0 saturated heterocycles. The fraction of sp³-hybridized carbons (Fsp3) is 0.600. The van der Waals surface area contributed by atoms with E-state index in [9.17, 15) is 4.79 Å². The molecule has 47 valence electrons. The van der Waals surface area contributed by atoms with Gasteiger partial charge >= 0.3 is 0 Å². The zero-order chi connectivity index (χ0) is 6.41. The lowest BCUT2D eigenvalue weighted by atomic mass is 10.4. The van der Waals surface area contributed by atoms with Gasteiger partial charge in [0.1, 0.15) is 0 Å². The number of thiol groups is 1. The van der Waals surface area contributed by atoms with Crippen LogP contribution in [0.3, 0.4) is 0 Å². The molecule has 0 rings (SSSR count). The molecule has 0 heterocycles.